The summed E-state index contributed by atoms with van der Waals surface area (Å²) in [7, 11) is 1.67. The first-order valence-electron chi connectivity index (χ1n) is 9.86. The highest BCUT2D eigenvalue weighted by Crippen LogP contribution is 2.37. The van der Waals surface area contributed by atoms with E-state index in [0.29, 0.717) is 11.5 Å². The average molecular weight is 392 g/mol. The van der Waals surface area contributed by atoms with Crippen molar-refractivity contribution >= 4 is 28.1 Å². The van der Waals surface area contributed by atoms with E-state index >= 15 is 0 Å². The second-order valence-corrected chi connectivity index (χ2v) is 7.46. The summed E-state index contributed by atoms with van der Waals surface area (Å²) >= 11 is 0. The van der Waals surface area contributed by atoms with E-state index in [-0.39, 0.29) is 11.7 Å². The van der Waals surface area contributed by atoms with Crippen LogP contribution in [-0.2, 0) is 4.79 Å². The highest BCUT2D eigenvalue weighted by molar-refractivity contribution is 6.43. The van der Waals surface area contributed by atoms with Crippen molar-refractivity contribution in [3.8, 4) is 16.9 Å². The number of Topliss-reactive ketones (excluding diaryl/α,β-unsaturated/α-hetero) is 1. The van der Waals surface area contributed by atoms with Crippen LogP contribution < -0.4 is 4.74 Å². The smallest absolute Gasteiger partial charge is 0.188 e. The number of fused-ring (bicyclic) bond motifs is 2. The molecule has 1 unspecified atom stereocenters. The number of nitrogens with zero attached hydrogens (tertiary/aromatic N) is 2. The van der Waals surface area contributed by atoms with Crippen LogP contribution in [0.4, 0.5) is 5.82 Å². The number of benzene rings is 3. The first-order chi connectivity index (χ1) is 14.6. The van der Waals surface area contributed by atoms with Crippen molar-refractivity contribution in [2.45, 2.75) is 12.8 Å². The van der Waals surface area contributed by atoms with E-state index in [4.69, 9.17) is 4.74 Å². The molecule has 0 amide bonds. The number of hydrogen-bond acceptors (Lipinski definition) is 4. The molecule has 0 saturated carbocycles. The van der Waals surface area contributed by atoms with Crippen LogP contribution in [0.5, 0.6) is 5.75 Å². The standard InChI is InChI=1S/C26H20N2O2/c1-16-25(29)24(23-7-4-12-27-26(23)28-16)21-6-3-5-17(14-21)18-8-9-20-15-22(30-2)11-10-19(20)13-18/h3-15,24H,1-2H3. The minimum atomic E-state index is -0.379. The molecule has 30 heavy (non-hydrogen) atoms. The summed E-state index contributed by atoms with van der Waals surface area (Å²) in [6.07, 6.45) is 1.71. The molecule has 146 valence electrons. The lowest BCUT2D eigenvalue weighted by Gasteiger charge is -2.22. The lowest BCUT2D eigenvalue weighted by atomic mass is 9.83. The van der Waals surface area contributed by atoms with Gasteiger partial charge in [0.2, 0.25) is 0 Å². The lowest BCUT2D eigenvalue weighted by Crippen LogP contribution is -2.24. The summed E-state index contributed by atoms with van der Waals surface area (Å²) in [4.78, 5) is 21.7. The first-order valence-corrected chi connectivity index (χ1v) is 9.86. The van der Waals surface area contributed by atoms with Crippen molar-refractivity contribution in [3.63, 3.8) is 0 Å². The summed E-state index contributed by atoms with van der Waals surface area (Å²) in [6, 6.07) is 24.4. The normalized spacial score (nSPS) is 15.6. The molecule has 0 radical (unpaired) electrons. The van der Waals surface area contributed by atoms with E-state index in [9.17, 15) is 4.79 Å². The molecule has 1 aliphatic heterocycles. The molecule has 0 aliphatic carbocycles. The molecule has 4 heteroatoms. The SMILES string of the molecule is COc1ccc2cc(-c3cccc(C4C(=O)C(C)=Nc5ncccc54)c3)ccc2c1. The molecule has 0 N–H and O–H groups in total. The molecule has 1 aliphatic rings. The zero-order chi connectivity index (χ0) is 20.7. The molecule has 0 spiro atoms. The summed E-state index contributed by atoms with van der Waals surface area (Å²) < 4.78 is 5.32. The van der Waals surface area contributed by atoms with Gasteiger partial charge in [-0.3, -0.25) is 4.79 Å². The van der Waals surface area contributed by atoms with Crippen molar-refractivity contribution in [3.05, 3.63) is 90.1 Å². The summed E-state index contributed by atoms with van der Waals surface area (Å²) in [6.45, 7) is 1.76. The molecule has 4 aromatic rings. The van der Waals surface area contributed by atoms with E-state index < -0.39 is 0 Å². The van der Waals surface area contributed by atoms with Gasteiger partial charge in [-0.15, -0.1) is 0 Å². The summed E-state index contributed by atoms with van der Waals surface area (Å²) in [5.41, 5.74) is 4.49. The molecule has 1 aromatic heterocycles. The maximum absolute atomic E-state index is 13.0. The number of ketones is 1. The van der Waals surface area contributed by atoms with Crippen molar-refractivity contribution in [1.29, 1.82) is 0 Å². The van der Waals surface area contributed by atoms with Gasteiger partial charge in [-0.05, 0) is 58.7 Å². The Morgan fingerprint density at radius 2 is 1.67 bits per heavy atom. The highest BCUT2D eigenvalue weighted by atomic mass is 16.5. The van der Waals surface area contributed by atoms with Crippen LogP contribution in [0.15, 0.2) is 84.0 Å². The minimum absolute atomic E-state index is 0.0262. The maximum Gasteiger partial charge on any atom is 0.188 e. The van der Waals surface area contributed by atoms with Crippen molar-refractivity contribution in [1.82, 2.24) is 4.98 Å². The zero-order valence-electron chi connectivity index (χ0n) is 16.8. The van der Waals surface area contributed by atoms with Gasteiger partial charge in [0.15, 0.2) is 11.6 Å². The van der Waals surface area contributed by atoms with Crippen molar-refractivity contribution in [2.24, 2.45) is 4.99 Å². The fraction of sp³-hybridized carbons (Fsp3) is 0.115. The van der Waals surface area contributed by atoms with Crippen molar-refractivity contribution in [2.75, 3.05) is 7.11 Å². The lowest BCUT2D eigenvalue weighted by molar-refractivity contribution is -0.113. The third-order valence-corrected chi connectivity index (χ3v) is 5.62. The number of methoxy groups -OCH3 is 1. The number of rotatable bonds is 3. The molecule has 0 fully saturated rings. The number of carbonyl (C=O) groups excluding carboxylic acids is 1. The first kappa shape index (κ1) is 18.3. The topological polar surface area (TPSA) is 51.5 Å². The second-order valence-electron chi connectivity index (χ2n) is 7.46. The molecule has 2 heterocycles. The van der Waals surface area contributed by atoms with E-state index in [1.165, 1.54) is 0 Å². The maximum atomic E-state index is 13.0. The summed E-state index contributed by atoms with van der Waals surface area (Å²) in [5.74, 6) is 1.12. The Kier molecular flexibility index (Phi) is 4.40. The van der Waals surface area contributed by atoms with Gasteiger partial charge >= 0.3 is 0 Å². The highest BCUT2D eigenvalue weighted by Gasteiger charge is 2.31. The van der Waals surface area contributed by atoms with Gasteiger partial charge in [0, 0.05) is 11.8 Å². The van der Waals surface area contributed by atoms with E-state index in [2.05, 4.69) is 46.4 Å². The average Bonchev–Trinajstić information content (AvgIpc) is 2.79. The molecule has 4 nitrogen and oxygen atoms in total. The predicted molar refractivity (Wildman–Crippen MR) is 120 cm³/mol. The molecule has 3 aromatic carbocycles. The second kappa shape index (κ2) is 7.23. The van der Waals surface area contributed by atoms with Crippen LogP contribution in [0.1, 0.15) is 24.0 Å². The number of ether oxygens (including phenoxy) is 1. The Morgan fingerprint density at radius 3 is 2.53 bits per heavy atom. The van der Waals surface area contributed by atoms with Crippen LogP contribution in [0, 0.1) is 0 Å². The van der Waals surface area contributed by atoms with Crippen LogP contribution in [0.25, 0.3) is 21.9 Å². The predicted octanol–water partition coefficient (Wildman–Crippen LogP) is 5.72. The third kappa shape index (κ3) is 3.07. The largest absolute Gasteiger partial charge is 0.497 e. The van der Waals surface area contributed by atoms with Crippen LogP contribution >= 0.6 is 0 Å². The van der Waals surface area contributed by atoms with E-state index in [0.717, 1.165) is 38.8 Å². The molecular formula is C26H20N2O2. The van der Waals surface area contributed by atoms with E-state index in [1.54, 1.807) is 20.2 Å². The van der Waals surface area contributed by atoms with Gasteiger partial charge < -0.3 is 4.74 Å². The van der Waals surface area contributed by atoms with Crippen LogP contribution in [-0.4, -0.2) is 23.6 Å². The number of hydrogen-bond donors (Lipinski definition) is 0. The number of pyridine rings is 1. The zero-order valence-corrected chi connectivity index (χ0v) is 16.8. The Bertz CT molecular complexity index is 1320. The Hall–Kier alpha value is -3.79. The number of aromatic nitrogens is 1. The molecule has 0 bridgehead atoms. The van der Waals surface area contributed by atoms with E-state index in [1.807, 2.05) is 36.4 Å². The molecule has 1 atom stereocenters. The fourth-order valence-corrected chi connectivity index (χ4v) is 4.05. The van der Waals surface area contributed by atoms with Crippen molar-refractivity contribution < 1.29 is 9.53 Å². The Balaban J connectivity index is 1.59. The molecular weight excluding hydrogens is 372 g/mol. The van der Waals surface area contributed by atoms with Gasteiger partial charge in [0.1, 0.15) is 5.75 Å². The minimum Gasteiger partial charge on any atom is -0.497 e. The van der Waals surface area contributed by atoms with Gasteiger partial charge in [0.05, 0.1) is 18.7 Å². The van der Waals surface area contributed by atoms with Gasteiger partial charge in [-0.25, -0.2) is 9.98 Å². The monoisotopic (exact) mass is 392 g/mol. The Morgan fingerprint density at radius 1 is 0.867 bits per heavy atom. The Labute approximate surface area is 174 Å². The fourth-order valence-electron chi connectivity index (χ4n) is 4.05. The van der Waals surface area contributed by atoms with Gasteiger partial charge in [0.25, 0.3) is 0 Å². The third-order valence-electron chi connectivity index (χ3n) is 5.62. The molecule has 0 saturated heterocycles. The number of carbonyl (C=O) groups is 1. The quantitative estimate of drug-likeness (QED) is 0.448. The number of aliphatic imine (C=N–C) groups is 1. The van der Waals surface area contributed by atoms with Crippen LogP contribution in [0.3, 0.4) is 0 Å². The summed E-state index contributed by atoms with van der Waals surface area (Å²) in [5, 5.41) is 2.27. The molecule has 5 rings (SSSR count). The van der Waals surface area contributed by atoms with Crippen LogP contribution in [0.2, 0.25) is 0 Å². The van der Waals surface area contributed by atoms with Gasteiger partial charge in [-0.1, -0.05) is 48.5 Å². The van der Waals surface area contributed by atoms with Gasteiger partial charge in [-0.2, -0.15) is 0 Å².